The highest BCUT2D eigenvalue weighted by atomic mass is 16.4. The average molecular weight is 501 g/mol. The van der Waals surface area contributed by atoms with Crippen molar-refractivity contribution in [3.05, 3.63) is 83.4 Å². The van der Waals surface area contributed by atoms with Gasteiger partial charge in [-0.3, -0.25) is 0 Å². The third-order valence-corrected chi connectivity index (χ3v) is 6.92. The number of benzene rings is 2. The van der Waals surface area contributed by atoms with Gasteiger partial charge in [-0.15, -0.1) is 6.58 Å². The SMILES string of the molecule is C=CC(O)(Cc1cccc(C(C)(C)C)c1)[C@@H](O)[C@@](O)(Cc1cccc(C(C)(C)C)c1)[C@H](O)[C@@H](O)CO. The van der Waals surface area contributed by atoms with Crippen LogP contribution in [0.25, 0.3) is 0 Å². The Balaban J connectivity index is 2.53. The van der Waals surface area contributed by atoms with Gasteiger partial charge in [-0.05, 0) is 33.1 Å². The molecule has 0 aromatic heterocycles. The largest absolute Gasteiger partial charge is 0.394 e. The maximum atomic E-state index is 11.7. The van der Waals surface area contributed by atoms with Gasteiger partial charge in [-0.25, -0.2) is 0 Å². The minimum absolute atomic E-state index is 0.0894. The minimum Gasteiger partial charge on any atom is -0.394 e. The molecule has 0 heterocycles. The molecule has 5 atom stereocenters. The molecule has 6 nitrogen and oxygen atoms in total. The van der Waals surface area contributed by atoms with Gasteiger partial charge in [0, 0.05) is 12.8 Å². The first kappa shape index (κ1) is 30.2. The van der Waals surface area contributed by atoms with Gasteiger partial charge < -0.3 is 30.6 Å². The van der Waals surface area contributed by atoms with Crippen molar-refractivity contribution in [2.45, 2.75) is 94.7 Å². The van der Waals surface area contributed by atoms with Crippen LogP contribution in [0.5, 0.6) is 0 Å². The van der Waals surface area contributed by atoms with Crippen LogP contribution in [0.2, 0.25) is 0 Å². The summed E-state index contributed by atoms with van der Waals surface area (Å²) in [4.78, 5) is 0. The molecule has 2 aromatic carbocycles. The molecular formula is C30H44O6. The van der Waals surface area contributed by atoms with E-state index >= 15 is 0 Å². The molecule has 0 saturated carbocycles. The summed E-state index contributed by atoms with van der Waals surface area (Å²) in [6, 6.07) is 14.9. The Hall–Kier alpha value is -2.06. The molecule has 2 rings (SSSR count). The van der Waals surface area contributed by atoms with Crippen LogP contribution >= 0.6 is 0 Å². The molecule has 6 heteroatoms. The van der Waals surface area contributed by atoms with Crippen LogP contribution < -0.4 is 0 Å². The zero-order valence-corrected chi connectivity index (χ0v) is 22.4. The standard InChI is InChI=1S/C30H44O6/c1-8-29(35,17-20-11-9-13-22(15-20)27(2,3)4)26(34)30(36,25(33)24(32)19-31)18-21-12-10-14-23(16-21)28(5,6)7/h8-16,24-26,31-36H,1,17-19H2,2-7H3/t24-,25+,26+,29?,30+/m0/s1. The molecule has 0 aliphatic carbocycles. The van der Waals surface area contributed by atoms with E-state index in [2.05, 4.69) is 27.4 Å². The van der Waals surface area contributed by atoms with Crippen LogP contribution in [0.3, 0.4) is 0 Å². The Morgan fingerprint density at radius 2 is 1.22 bits per heavy atom. The van der Waals surface area contributed by atoms with Gasteiger partial charge in [-0.1, -0.05) is 96.1 Å². The summed E-state index contributed by atoms with van der Waals surface area (Å²) in [6.45, 7) is 15.2. The lowest BCUT2D eigenvalue weighted by molar-refractivity contribution is -0.218. The molecule has 0 saturated heterocycles. The topological polar surface area (TPSA) is 121 Å². The van der Waals surface area contributed by atoms with Gasteiger partial charge in [0.1, 0.15) is 29.5 Å². The fraction of sp³-hybridized carbons (Fsp3) is 0.533. The van der Waals surface area contributed by atoms with Gasteiger partial charge >= 0.3 is 0 Å². The summed E-state index contributed by atoms with van der Waals surface area (Å²) in [7, 11) is 0. The van der Waals surface area contributed by atoms with Gasteiger partial charge in [-0.2, -0.15) is 0 Å². The summed E-state index contributed by atoms with van der Waals surface area (Å²) in [6.07, 6.45) is -4.87. The van der Waals surface area contributed by atoms with Crippen LogP contribution in [0.15, 0.2) is 61.2 Å². The minimum atomic E-state index is -2.41. The summed E-state index contributed by atoms with van der Waals surface area (Å²) >= 11 is 0. The molecular weight excluding hydrogens is 456 g/mol. The summed E-state index contributed by atoms with van der Waals surface area (Å²) in [5, 5.41) is 65.4. The quantitative estimate of drug-likeness (QED) is 0.279. The fourth-order valence-electron chi connectivity index (χ4n) is 4.46. The number of rotatable bonds is 10. The predicted molar refractivity (Wildman–Crippen MR) is 143 cm³/mol. The van der Waals surface area contributed by atoms with E-state index in [4.69, 9.17) is 0 Å². The maximum absolute atomic E-state index is 11.7. The summed E-state index contributed by atoms with van der Waals surface area (Å²) < 4.78 is 0. The first-order valence-electron chi connectivity index (χ1n) is 12.4. The van der Waals surface area contributed by atoms with Gasteiger partial charge in [0.2, 0.25) is 0 Å². The van der Waals surface area contributed by atoms with Gasteiger partial charge in [0.05, 0.1) is 6.61 Å². The molecule has 2 aromatic rings. The average Bonchev–Trinajstić information content (AvgIpc) is 2.81. The van der Waals surface area contributed by atoms with Crippen molar-refractivity contribution in [1.29, 1.82) is 0 Å². The van der Waals surface area contributed by atoms with Crippen LogP contribution in [0.4, 0.5) is 0 Å². The fourth-order valence-corrected chi connectivity index (χ4v) is 4.46. The lowest BCUT2D eigenvalue weighted by Crippen LogP contribution is -2.66. The second kappa shape index (κ2) is 11.1. The first-order chi connectivity index (χ1) is 16.5. The number of aliphatic hydroxyl groups excluding tert-OH is 4. The Kier molecular flexibility index (Phi) is 9.33. The monoisotopic (exact) mass is 500 g/mol. The van der Waals surface area contributed by atoms with Gasteiger partial charge in [0.15, 0.2) is 0 Å². The van der Waals surface area contributed by atoms with Crippen molar-refractivity contribution in [3.8, 4) is 0 Å². The van der Waals surface area contributed by atoms with E-state index in [1.54, 1.807) is 12.1 Å². The predicted octanol–water partition coefficient (Wildman–Crippen LogP) is 2.79. The lowest BCUT2D eigenvalue weighted by atomic mass is 9.72. The second-order valence-corrected chi connectivity index (χ2v) is 12.0. The van der Waals surface area contributed by atoms with Crippen molar-refractivity contribution in [3.63, 3.8) is 0 Å². The van der Waals surface area contributed by atoms with Crippen LogP contribution in [0, 0.1) is 0 Å². The molecule has 0 aliphatic heterocycles. The molecule has 200 valence electrons. The lowest BCUT2D eigenvalue weighted by Gasteiger charge is -2.45. The zero-order chi connectivity index (χ0) is 27.5. The van der Waals surface area contributed by atoms with E-state index in [-0.39, 0.29) is 23.7 Å². The zero-order valence-electron chi connectivity index (χ0n) is 22.4. The van der Waals surface area contributed by atoms with Crippen molar-refractivity contribution < 1.29 is 30.6 Å². The normalized spacial score (nSPS) is 18.6. The molecule has 1 unspecified atom stereocenters. The van der Waals surface area contributed by atoms with Crippen LogP contribution in [-0.2, 0) is 23.7 Å². The van der Waals surface area contributed by atoms with E-state index < -0.39 is 36.1 Å². The Morgan fingerprint density at radius 1 is 0.778 bits per heavy atom. The number of aliphatic hydroxyl groups is 6. The Bertz CT molecular complexity index is 1020. The molecule has 6 N–H and O–H groups in total. The highest BCUT2D eigenvalue weighted by Crippen LogP contribution is 2.35. The molecule has 0 amide bonds. The van der Waals surface area contributed by atoms with Crippen molar-refractivity contribution in [2.75, 3.05) is 6.61 Å². The Labute approximate surface area is 215 Å². The van der Waals surface area contributed by atoms with E-state index in [0.717, 1.165) is 17.2 Å². The third-order valence-electron chi connectivity index (χ3n) is 6.92. The third kappa shape index (κ3) is 6.82. The van der Waals surface area contributed by atoms with E-state index in [9.17, 15) is 30.6 Å². The molecule has 0 fully saturated rings. The van der Waals surface area contributed by atoms with Crippen molar-refractivity contribution in [1.82, 2.24) is 0 Å². The molecule has 0 aliphatic rings. The second-order valence-electron chi connectivity index (χ2n) is 12.0. The van der Waals surface area contributed by atoms with Crippen LogP contribution in [0.1, 0.15) is 63.8 Å². The molecule has 0 radical (unpaired) electrons. The van der Waals surface area contributed by atoms with Crippen molar-refractivity contribution >= 4 is 0 Å². The molecule has 0 bridgehead atoms. The Morgan fingerprint density at radius 3 is 1.61 bits per heavy atom. The maximum Gasteiger partial charge on any atom is 0.126 e. The van der Waals surface area contributed by atoms with Gasteiger partial charge in [0.25, 0.3) is 0 Å². The number of hydrogen-bond donors (Lipinski definition) is 6. The van der Waals surface area contributed by atoms with E-state index in [1.807, 2.05) is 57.2 Å². The van der Waals surface area contributed by atoms with Crippen molar-refractivity contribution in [2.24, 2.45) is 0 Å². The van der Waals surface area contributed by atoms with E-state index in [0.29, 0.717) is 11.1 Å². The smallest absolute Gasteiger partial charge is 0.126 e. The van der Waals surface area contributed by atoms with E-state index in [1.165, 1.54) is 0 Å². The highest BCUT2D eigenvalue weighted by Gasteiger charge is 2.53. The summed E-state index contributed by atoms with van der Waals surface area (Å²) in [5.74, 6) is 0. The number of hydrogen-bond acceptors (Lipinski definition) is 6. The first-order valence-corrected chi connectivity index (χ1v) is 12.4. The summed E-state index contributed by atoms with van der Waals surface area (Å²) in [5.41, 5.74) is -1.48. The van der Waals surface area contributed by atoms with Crippen LogP contribution in [-0.4, -0.2) is 66.8 Å². The molecule has 0 spiro atoms. The molecule has 36 heavy (non-hydrogen) atoms. The highest BCUT2D eigenvalue weighted by molar-refractivity contribution is 5.33.